The van der Waals surface area contributed by atoms with Crippen molar-refractivity contribution in [1.29, 1.82) is 26.3 Å². The van der Waals surface area contributed by atoms with Crippen molar-refractivity contribution in [3.8, 4) is 108 Å². The lowest BCUT2D eigenvalue weighted by Gasteiger charge is -2.31. The first-order valence-electron chi connectivity index (χ1n) is 18.9. The molecule has 0 saturated carbocycles. The highest BCUT2D eigenvalue weighted by Gasteiger charge is 2.34. The van der Waals surface area contributed by atoms with Crippen molar-refractivity contribution in [2.24, 2.45) is 0 Å². The Balaban J connectivity index is 1.84. The largest absolute Gasteiger partial charge is 0.192 e. The Morgan fingerprint density at radius 1 is 0.254 bits per heavy atom. The molecule has 8 aromatic rings. The summed E-state index contributed by atoms with van der Waals surface area (Å²) in [5, 5.41) is 54.6. The van der Waals surface area contributed by atoms with Crippen molar-refractivity contribution >= 4 is 0 Å². The molecule has 0 fully saturated rings. The molecule has 0 aromatic heterocycles. The van der Waals surface area contributed by atoms with Crippen LogP contribution >= 0.6 is 0 Å². The average Bonchev–Trinajstić information content (AvgIpc) is 3.30. The first kappa shape index (κ1) is 37.1. The van der Waals surface area contributed by atoms with Crippen LogP contribution in [0, 0.1) is 63.6 Å². The van der Waals surface area contributed by atoms with Crippen molar-refractivity contribution in [2.45, 2.75) is 6.92 Å². The number of nitriles is 5. The molecule has 5 heteroatoms. The summed E-state index contributed by atoms with van der Waals surface area (Å²) in [6.07, 6.45) is 0. The van der Waals surface area contributed by atoms with Gasteiger partial charge in [0, 0.05) is 50.1 Å². The van der Waals surface area contributed by atoms with Gasteiger partial charge >= 0.3 is 0 Å². The fourth-order valence-electron chi connectivity index (χ4n) is 8.18. The van der Waals surface area contributed by atoms with Gasteiger partial charge in [-0.25, -0.2) is 0 Å². The van der Waals surface area contributed by atoms with Gasteiger partial charge in [-0.2, -0.15) is 26.3 Å². The number of aryl methyl sites for hydroxylation is 1. The van der Waals surface area contributed by atoms with E-state index in [1.807, 2.05) is 140 Å². The normalized spacial score (nSPS) is 10.4. The Labute approximate surface area is 343 Å². The van der Waals surface area contributed by atoms with Gasteiger partial charge in [0.15, 0.2) is 0 Å². The Morgan fingerprint density at radius 2 is 0.576 bits per heavy atom. The number of rotatable bonds is 7. The zero-order valence-corrected chi connectivity index (χ0v) is 31.9. The Hall–Kier alpha value is -8.79. The van der Waals surface area contributed by atoms with E-state index in [2.05, 4.69) is 30.3 Å². The van der Waals surface area contributed by atoms with Gasteiger partial charge in [-0.15, -0.1) is 0 Å². The molecular weight excluding hydrogens is 719 g/mol. The summed E-state index contributed by atoms with van der Waals surface area (Å²) in [6, 6.07) is 65.2. The first-order chi connectivity index (χ1) is 29.0. The van der Waals surface area contributed by atoms with Crippen LogP contribution in [0.15, 0.2) is 170 Å². The number of hydrogen-bond donors (Lipinski definition) is 0. The summed E-state index contributed by atoms with van der Waals surface area (Å²) in [6.45, 7) is 2.03. The minimum absolute atomic E-state index is 0.365. The lowest BCUT2D eigenvalue weighted by molar-refractivity contribution is 1.42. The van der Waals surface area contributed by atoms with Gasteiger partial charge in [0.05, 0.1) is 58.2 Å². The molecule has 0 bridgehead atoms. The molecule has 0 amide bonds. The average molecular weight is 750 g/mol. The Morgan fingerprint density at radius 3 is 1.00 bits per heavy atom. The molecule has 8 rings (SSSR count). The Bertz CT molecular complexity index is 3180. The van der Waals surface area contributed by atoms with Crippen molar-refractivity contribution in [3.63, 3.8) is 0 Å². The summed E-state index contributed by atoms with van der Waals surface area (Å²) in [4.78, 5) is 0. The highest BCUT2D eigenvalue weighted by atomic mass is 14.4. The molecule has 0 heterocycles. The van der Waals surface area contributed by atoms with E-state index in [0.29, 0.717) is 89.0 Å². The van der Waals surface area contributed by atoms with Crippen LogP contribution in [0.4, 0.5) is 0 Å². The summed E-state index contributed by atoms with van der Waals surface area (Å²) < 4.78 is 0. The zero-order valence-electron chi connectivity index (χ0n) is 31.9. The molecule has 0 aliphatic carbocycles. The fraction of sp³-hybridized carbons (Fsp3) is 0.0185. The molecule has 8 aromatic carbocycles. The van der Waals surface area contributed by atoms with Crippen LogP contribution in [0.2, 0.25) is 0 Å². The number of nitrogens with zero attached hydrogens (tertiary/aromatic N) is 5. The highest BCUT2D eigenvalue weighted by molar-refractivity contribution is 6.18. The van der Waals surface area contributed by atoms with E-state index in [0.717, 1.165) is 22.3 Å². The smallest absolute Gasteiger partial charge is 0.0998 e. The minimum Gasteiger partial charge on any atom is -0.192 e. The molecule has 5 nitrogen and oxygen atoms in total. The third-order valence-electron chi connectivity index (χ3n) is 10.7. The van der Waals surface area contributed by atoms with Crippen molar-refractivity contribution in [1.82, 2.24) is 0 Å². The zero-order chi connectivity index (χ0) is 40.9. The monoisotopic (exact) mass is 749 g/mol. The molecule has 272 valence electrons. The van der Waals surface area contributed by atoms with E-state index in [4.69, 9.17) is 0 Å². The molecule has 0 N–H and O–H groups in total. The second-order valence-electron chi connectivity index (χ2n) is 13.9. The Kier molecular flexibility index (Phi) is 10.2. The maximum absolute atomic E-state index is 11.2. The van der Waals surface area contributed by atoms with Gasteiger partial charge in [-0.1, -0.05) is 140 Å². The maximum Gasteiger partial charge on any atom is 0.0998 e. The summed E-state index contributed by atoms with van der Waals surface area (Å²) >= 11 is 0. The van der Waals surface area contributed by atoms with Crippen molar-refractivity contribution < 1.29 is 0 Å². The molecule has 0 aliphatic heterocycles. The summed E-state index contributed by atoms with van der Waals surface area (Å²) in [5.41, 5.74) is 12.0. The molecule has 0 unspecified atom stereocenters. The van der Waals surface area contributed by atoms with Crippen LogP contribution in [-0.2, 0) is 0 Å². The van der Waals surface area contributed by atoms with Gasteiger partial charge in [0.25, 0.3) is 0 Å². The van der Waals surface area contributed by atoms with E-state index in [1.54, 1.807) is 36.4 Å². The van der Waals surface area contributed by atoms with Gasteiger partial charge < -0.3 is 0 Å². The minimum atomic E-state index is 0.365. The van der Waals surface area contributed by atoms with Crippen LogP contribution in [-0.4, -0.2) is 0 Å². The highest BCUT2D eigenvalue weighted by Crippen LogP contribution is 2.58. The standard InChI is InChI=1S/C54H31N5/c1-35-16-5-10-24-42(35)47-29-15-23-41(34-59)48(47)54-49(36-17-3-2-4-18-36)50(43-25-11-6-19-37(43)30-55)51(44-26-12-7-20-38(44)31-56)52(45-27-13-8-21-39(45)32-57)53(54)46-28-14-9-22-40(46)33-58/h2-29H,1H3. The van der Waals surface area contributed by atoms with Gasteiger partial charge in [0.1, 0.15) is 0 Å². The number of benzene rings is 8. The second-order valence-corrected chi connectivity index (χ2v) is 13.9. The molecular formula is C54H31N5. The molecule has 0 saturated heterocycles. The third kappa shape index (κ3) is 6.47. The van der Waals surface area contributed by atoms with Crippen molar-refractivity contribution in [2.75, 3.05) is 0 Å². The van der Waals surface area contributed by atoms with E-state index in [9.17, 15) is 26.3 Å². The SMILES string of the molecule is Cc1ccccc1-c1cccc(C#N)c1-c1c(-c2ccccc2)c(-c2ccccc2C#N)c(-c2ccccc2C#N)c(-c2ccccc2C#N)c1-c1ccccc1C#N. The van der Waals surface area contributed by atoms with Crippen molar-refractivity contribution in [3.05, 3.63) is 203 Å². The molecule has 0 aliphatic rings. The molecule has 59 heavy (non-hydrogen) atoms. The third-order valence-corrected chi connectivity index (χ3v) is 10.7. The van der Waals surface area contributed by atoms with E-state index in [-0.39, 0.29) is 0 Å². The molecule has 0 atom stereocenters. The van der Waals surface area contributed by atoms with Crippen LogP contribution in [0.3, 0.4) is 0 Å². The lowest BCUT2D eigenvalue weighted by Crippen LogP contribution is -2.06. The first-order valence-corrected chi connectivity index (χ1v) is 18.9. The van der Waals surface area contributed by atoms with E-state index in [1.165, 1.54) is 0 Å². The van der Waals surface area contributed by atoms with Crippen LogP contribution in [0.25, 0.3) is 77.9 Å². The lowest BCUT2D eigenvalue weighted by atomic mass is 9.71. The quantitative estimate of drug-likeness (QED) is 0.161. The van der Waals surface area contributed by atoms with Crippen LogP contribution < -0.4 is 0 Å². The predicted molar refractivity (Wildman–Crippen MR) is 233 cm³/mol. The number of hydrogen-bond acceptors (Lipinski definition) is 5. The fourth-order valence-corrected chi connectivity index (χ4v) is 8.18. The van der Waals surface area contributed by atoms with E-state index >= 15 is 0 Å². The van der Waals surface area contributed by atoms with Crippen LogP contribution in [0.5, 0.6) is 0 Å². The van der Waals surface area contributed by atoms with Crippen LogP contribution in [0.1, 0.15) is 33.4 Å². The van der Waals surface area contributed by atoms with Gasteiger partial charge in [0.2, 0.25) is 0 Å². The molecule has 0 radical (unpaired) electrons. The maximum atomic E-state index is 11.2. The van der Waals surface area contributed by atoms with E-state index < -0.39 is 0 Å². The second kappa shape index (κ2) is 16.1. The van der Waals surface area contributed by atoms with Gasteiger partial charge in [-0.05, 0) is 70.6 Å². The summed E-state index contributed by atoms with van der Waals surface area (Å²) in [7, 11) is 0. The molecule has 0 spiro atoms. The topological polar surface area (TPSA) is 119 Å². The predicted octanol–water partition coefficient (Wildman–Crippen LogP) is 13.0. The van der Waals surface area contributed by atoms with Gasteiger partial charge in [-0.3, -0.25) is 0 Å². The summed E-state index contributed by atoms with van der Waals surface area (Å²) in [5.74, 6) is 0.